The van der Waals surface area contributed by atoms with Crippen LogP contribution in [0.4, 0.5) is 5.69 Å². The molecule has 0 unspecified atom stereocenters. The highest BCUT2D eigenvalue weighted by Crippen LogP contribution is 2.25. The molecule has 2 amide bonds. The van der Waals surface area contributed by atoms with Gasteiger partial charge < -0.3 is 20.3 Å². The summed E-state index contributed by atoms with van der Waals surface area (Å²) in [5.74, 6) is -0.210. The Morgan fingerprint density at radius 1 is 1.52 bits per heavy atom. The normalized spacial score (nSPS) is 23.9. The van der Waals surface area contributed by atoms with Gasteiger partial charge in [-0.1, -0.05) is 11.6 Å². The largest absolute Gasteiger partial charge is 0.385 e. The number of piperidine rings is 1. The Bertz CT molecular complexity index is 623. The molecule has 2 saturated heterocycles. The molecule has 2 aliphatic heterocycles. The van der Waals surface area contributed by atoms with Crippen molar-refractivity contribution in [2.75, 3.05) is 31.6 Å². The lowest BCUT2D eigenvalue weighted by Gasteiger charge is -2.41. The maximum absolute atomic E-state index is 12.9. The van der Waals surface area contributed by atoms with Gasteiger partial charge in [0, 0.05) is 30.3 Å². The third kappa shape index (κ3) is 3.43. The van der Waals surface area contributed by atoms with Gasteiger partial charge in [-0.05, 0) is 31.5 Å². The Labute approximate surface area is 140 Å². The number of hydrogen-bond donors (Lipinski definition) is 2. The lowest BCUT2D eigenvalue weighted by atomic mass is 9.99. The van der Waals surface area contributed by atoms with E-state index >= 15 is 0 Å². The second-order valence-corrected chi connectivity index (χ2v) is 6.22. The SMILES string of the molecule is CCNc1ccc(Cl)cc1C(=O)N1CC[C@@H]2OCC(=O)N[C@H]2C1. The van der Waals surface area contributed by atoms with Crippen LogP contribution in [0, 0.1) is 0 Å². The Hall–Kier alpha value is -1.79. The number of nitrogens with one attached hydrogen (secondary N) is 2. The molecule has 2 heterocycles. The lowest BCUT2D eigenvalue weighted by Crippen LogP contribution is -2.61. The molecule has 2 atom stereocenters. The molecule has 0 aliphatic carbocycles. The third-order valence-corrected chi connectivity index (χ3v) is 4.43. The molecule has 7 heteroatoms. The summed E-state index contributed by atoms with van der Waals surface area (Å²) in [6.45, 7) is 3.86. The molecule has 0 bridgehead atoms. The van der Waals surface area contributed by atoms with Gasteiger partial charge in [0.25, 0.3) is 5.91 Å². The van der Waals surface area contributed by atoms with Gasteiger partial charge in [-0.3, -0.25) is 9.59 Å². The summed E-state index contributed by atoms with van der Waals surface area (Å²) in [6.07, 6.45) is 0.706. The number of benzene rings is 1. The number of amides is 2. The monoisotopic (exact) mass is 337 g/mol. The van der Waals surface area contributed by atoms with Crippen LogP contribution in [0.15, 0.2) is 18.2 Å². The number of rotatable bonds is 3. The van der Waals surface area contributed by atoms with E-state index in [0.29, 0.717) is 30.1 Å². The van der Waals surface area contributed by atoms with Crippen molar-refractivity contribution in [1.29, 1.82) is 0 Å². The van der Waals surface area contributed by atoms with E-state index in [4.69, 9.17) is 16.3 Å². The molecule has 2 N–H and O–H groups in total. The fourth-order valence-electron chi connectivity index (χ4n) is 3.09. The first-order valence-corrected chi connectivity index (χ1v) is 8.20. The van der Waals surface area contributed by atoms with Crippen molar-refractivity contribution in [3.63, 3.8) is 0 Å². The summed E-state index contributed by atoms with van der Waals surface area (Å²) < 4.78 is 5.53. The zero-order chi connectivity index (χ0) is 16.4. The van der Waals surface area contributed by atoms with Crippen LogP contribution in [0.5, 0.6) is 0 Å². The zero-order valence-corrected chi connectivity index (χ0v) is 13.7. The predicted octanol–water partition coefficient (Wildman–Crippen LogP) is 1.50. The van der Waals surface area contributed by atoms with Crippen molar-refractivity contribution in [2.24, 2.45) is 0 Å². The van der Waals surface area contributed by atoms with Crippen molar-refractivity contribution in [3.8, 4) is 0 Å². The van der Waals surface area contributed by atoms with Gasteiger partial charge >= 0.3 is 0 Å². The van der Waals surface area contributed by atoms with E-state index in [2.05, 4.69) is 10.6 Å². The molecular weight excluding hydrogens is 318 g/mol. The van der Waals surface area contributed by atoms with E-state index in [-0.39, 0.29) is 30.6 Å². The minimum atomic E-state index is -0.143. The summed E-state index contributed by atoms with van der Waals surface area (Å²) in [4.78, 5) is 26.1. The third-order valence-electron chi connectivity index (χ3n) is 4.19. The Morgan fingerprint density at radius 2 is 2.35 bits per heavy atom. The second-order valence-electron chi connectivity index (χ2n) is 5.78. The van der Waals surface area contributed by atoms with Crippen LogP contribution < -0.4 is 10.6 Å². The van der Waals surface area contributed by atoms with Gasteiger partial charge in [-0.25, -0.2) is 0 Å². The van der Waals surface area contributed by atoms with Gasteiger partial charge in [0.15, 0.2) is 0 Å². The first-order chi connectivity index (χ1) is 11.1. The number of halogens is 1. The number of hydrogen-bond acceptors (Lipinski definition) is 4. The first-order valence-electron chi connectivity index (χ1n) is 7.82. The van der Waals surface area contributed by atoms with Crippen molar-refractivity contribution in [3.05, 3.63) is 28.8 Å². The highest BCUT2D eigenvalue weighted by molar-refractivity contribution is 6.31. The average Bonchev–Trinajstić information content (AvgIpc) is 2.55. The number of carbonyl (C=O) groups is 2. The predicted molar refractivity (Wildman–Crippen MR) is 87.8 cm³/mol. The Balaban J connectivity index is 1.78. The Morgan fingerprint density at radius 3 is 3.13 bits per heavy atom. The molecule has 0 spiro atoms. The number of nitrogens with zero attached hydrogens (tertiary/aromatic N) is 1. The van der Waals surface area contributed by atoms with Crippen LogP contribution >= 0.6 is 11.6 Å². The second kappa shape index (κ2) is 6.76. The highest BCUT2D eigenvalue weighted by Gasteiger charge is 2.36. The fourth-order valence-corrected chi connectivity index (χ4v) is 3.26. The van der Waals surface area contributed by atoms with Gasteiger partial charge in [-0.15, -0.1) is 0 Å². The summed E-state index contributed by atoms with van der Waals surface area (Å²) in [5.41, 5.74) is 1.33. The van der Waals surface area contributed by atoms with Gasteiger partial charge in [0.05, 0.1) is 17.7 Å². The number of carbonyl (C=O) groups excluding carboxylic acids is 2. The van der Waals surface area contributed by atoms with Gasteiger partial charge in [0.1, 0.15) is 6.61 Å². The van der Waals surface area contributed by atoms with Gasteiger partial charge in [-0.2, -0.15) is 0 Å². The summed E-state index contributed by atoms with van der Waals surface area (Å²) >= 11 is 6.05. The molecule has 6 nitrogen and oxygen atoms in total. The van der Waals surface area contributed by atoms with Gasteiger partial charge in [0.2, 0.25) is 5.91 Å². The van der Waals surface area contributed by atoms with Crippen molar-refractivity contribution < 1.29 is 14.3 Å². The van der Waals surface area contributed by atoms with Crippen molar-refractivity contribution in [1.82, 2.24) is 10.2 Å². The van der Waals surface area contributed by atoms with Crippen molar-refractivity contribution in [2.45, 2.75) is 25.5 Å². The molecule has 1 aromatic rings. The summed E-state index contributed by atoms with van der Waals surface area (Å²) in [7, 11) is 0. The molecule has 2 fully saturated rings. The lowest BCUT2D eigenvalue weighted by molar-refractivity contribution is -0.139. The van der Waals surface area contributed by atoms with E-state index in [1.165, 1.54) is 0 Å². The molecule has 124 valence electrons. The van der Waals surface area contributed by atoms with E-state index in [9.17, 15) is 9.59 Å². The quantitative estimate of drug-likeness (QED) is 0.877. The minimum absolute atomic E-state index is 0.00986. The summed E-state index contributed by atoms with van der Waals surface area (Å²) in [6, 6.07) is 5.12. The highest BCUT2D eigenvalue weighted by atomic mass is 35.5. The number of anilines is 1. The van der Waals surface area contributed by atoms with E-state index in [1.807, 2.05) is 13.0 Å². The minimum Gasteiger partial charge on any atom is -0.385 e. The maximum Gasteiger partial charge on any atom is 0.256 e. The number of fused-ring (bicyclic) bond motifs is 1. The smallest absolute Gasteiger partial charge is 0.256 e. The first kappa shape index (κ1) is 16.1. The van der Waals surface area contributed by atoms with Crippen LogP contribution in [0.3, 0.4) is 0 Å². The zero-order valence-electron chi connectivity index (χ0n) is 13.0. The van der Waals surface area contributed by atoms with E-state index in [1.54, 1.807) is 17.0 Å². The molecule has 0 radical (unpaired) electrons. The summed E-state index contributed by atoms with van der Waals surface area (Å²) in [5, 5.41) is 6.62. The number of ether oxygens (including phenoxy) is 1. The van der Waals surface area contributed by atoms with Crippen LogP contribution in [0.2, 0.25) is 5.02 Å². The molecular formula is C16H20ClN3O3. The molecule has 3 rings (SSSR count). The van der Waals surface area contributed by atoms with Crippen molar-refractivity contribution >= 4 is 29.1 Å². The molecule has 1 aromatic carbocycles. The fraction of sp³-hybridized carbons (Fsp3) is 0.500. The van der Waals surface area contributed by atoms with E-state index in [0.717, 1.165) is 12.2 Å². The number of likely N-dealkylation sites (tertiary alicyclic amines) is 1. The average molecular weight is 338 g/mol. The topological polar surface area (TPSA) is 70.7 Å². The standard InChI is InChI=1S/C16H20ClN3O3/c1-2-18-12-4-3-10(17)7-11(12)16(22)20-6-5-14-13(8-20)19-15(21)9-23-14/h3-4,7,13-14,18H,2,5-6,8-9H2,1H3,(H,19,21)/t13-,14-/m0/s1. The van der Waals surface area contributed by atoms with Crippen LogP contribution in [-0.2, 0) is 9.53 Å². The maximum atomic E-state index is 12.9. The molecule has 2 aliphatic rings. The van der Waals surface area contributed by atoms with Crippen LogP contribution in [0.1, 0.15) is 23.7 Å². The molecule has 0 aromatic heterocycles. The van der Waals surface area contributed by atoms with E-state index < -0.39 is 0 Å². The molecule has 0 saturated carbocycles. The molecule has 23 heavy (non-hydrogen) atoms. The number of morpholine rings is 1. The van der Waals surface area contributed by atoms with Crippen LogP contribution in [-0.4, -0.2) is 55.1 Å². The Kier molecular flexibility index (Phi) is 4.73. The van der Waals surface area contributed by atoms with Crippen LogP contribution in [0.25, 0.3) is 0 Å².